The van der Waals surface area contributed by atoms with Gasteiger partial charge in [0.25, 0.3) is 5.91 Å². The number of carbonyl (C=O) groups is 2. The minimum atomic E-state index is -4.55. The van der Waals surface area contributed by atoms with E-state index in [0.717, 1.165) is 38.2 Å². The Bertz CT molecular complexity index is 1480. The molecule has 6 nitrogen and oxygen atoms in total. The summed E-state index contributed by atoms with van der Waals surface area (Å²) in [4.78, 5) is 30.3. The summed E-state index contributed by atoms with van der Waals surface area (Å²) in [5, 5.41) is 5.52. The fourth-order valence-electron chi connectivity index (χ4n) is 4.90. The zero-order chi connectivity index (χ0) is 28.1. The first-order valence-electron chi connectivity index (χ1n) is 13.2. The second-order valence-electron chi connectivity index (χ2n) is 9.80. The maximum Gasteiger partial charge on any atom is 0.416 e. The Morgan fingerprint density at radius 1 is 0.850 bits per heavy atom. The van der Waals surface area contributed by atoms with E-state index < -0.39 is 17.6 Å². The molecule has 0 unspecified atom stereocenters. The molecule has 1 heterocycles. The maximum atomic E-state index is 13.4. The first-order chi connectivity index (χ1) is 19.3. The van der Waals surface area contributed by atoms with E-state index in [-0.39, 0.29) is 41.3 Å². The van der Waals surface area contributed by atoms with Crippen molar-refractivity contribution in [2.45, 2.75) is 44.8 Å². The molecule has 1 saturated carbocycles. The zero-order valence-electron chi connectivity index (χ0n) is 21.6. The van der Waals surface area contributed by atoms with Crippen LogP contribution in [0.4, 0.5) is 18.9 Å². The molecule has 1 aliphatic rings. The highest BCUT2D eigenvalue weighted by atomic mass is 19.4. The van der Waals surface area contributed by atoms with Crippen molar-refractivity contribution >= 4 is 17.5 Å². The number of oxazole rings is 1. The third kappa shape index (κ3) is 6.25. The molecule has 4 aromatic rings. The number of carbonyl (C=O) groups excluding carboxylic acids is 2. The van der Waals surface area contributed by atoms with Gasteiger partial charge in [0.05, 0.1) is 5.56 Å². The van der Waals surface area contributed by atoms with Crippen LogP contribution >= 0.6 is 0 Å². The van der Waals surface area contributed by atoms with Gasteiger partial charge in [0.15, 0.2) is 11.5 Å². The van der Waals surface area contributed by atoms with Gasteiger partial charge in [0.1, 0.15) is 0 Å². The summed E-state index contributed by atoms with van der Waals surface area (Å²) in [6.45, 7) is -0.340. The Balaban J connectivity index is 1.39. The molecule has 0 saturated heterocycles. The Morgan fingerprint density at radius 3 is 2.23 bits per heavy atom. The monoisotopic (exact) mass is 547 g/mol. The van der Waals surface area contributed by atoms with Gasteiger partial charge in [-0.05, 0) is 60.9 Å². The lowest BCUT2D eigenvalue weighted by Gasteiger charge is -2.20. The van der Waals surface area contributed by atoms with Gasteiger partial charge in [-0.25, -0.2) is 4.98 Å². The average molecular weight is 548 g/mol. The lowest BCUT2D eigenvalue weighted by molar-refractivity contribution is -0.138. The second kappa shape index (κ2) is 11.8. The first kappa shape index (κ1) is 27.2. The largest absolute Gasteiger partial charge is 0.435 e. The molecule has 1 aromatic heterocycles. The van der Waals surface area contributed by atoms with Gasteiger partial charge in [-0.3, -0.25) is 9.59 Å². The molecule has 0 radical (unpaired) electrons. The van der Waals surface area contributed by atoms with Gasteiger partial charge < -0.3 is 15.1 Å². The van der Waals surface area contributed by atoms with E-state index in [1.807, 2.05) is 6.07 Å². The topological polar surface area (TPSA) is 84.2 Å². The van der Waals surface area contributed by atoms with Crippen LogP contribution in [-0.4, -0.2) is 16.8 Å². The molecule has 0 bridgehead atoms. The van der Waals surface area contributed by atoms with Crippen LogP contribution in [0.15, 0.2) is 83.3 Å². The van der Waals surface area contributed by atoms with Crippen molar-refractivity contribution in [3.05, 3.63) is 95.7 Å². The third-order valence-electron chi connectivity index (χ3n) is 7.02. The SMILES string of the molecule is O=C(NCc1ccccc1C(F)(F)F)c1nc(-c2ccccc2)oc1-c1ccc(NC(=O)C2CCCCC2)cc1. The van der Waals surface area contributed by atoms with Crippen molar-refractivity contribution in [2.75, 3.05) is 5.32 Å². The van der Waals surface area contributed by atoms with Gasteiger partial charge >= 0.3 is 6.18 Å². The lowest BCUT2D eigenvalue weighted by Crippen LogP contribution is -2.25. The molecule has 9 heteroatoms. The van der Waals surface area contributed by atoms with Gasteiger partial charge in [-0.1, -0.05) is 55.7 Å². The first-order valence-corrected chi connectivity index (χ1v) is 13.2. The van der Waals surface area contributed by atoms with E-state index in [9.17, 15) is 22.8 Å². The van der Waals surface area contributed by atoms with Crippen LogP contribution < -0.4 is 10.6 Å². The number of nitrogens with one attached hydrogen (secondary N) is 2. The van der Waals surface area contributed by atoms with Crippen LogP contribution in [0.1, 0.15) is 53.7 Å². The minimum absolute atomic E-state index is 0.00214. The fraction of sp³-hybridized carbons (Fsp3) is 0.258. The smallest absolute Gasteiger partial charge is 0.416 e. The Labute approximate surface area is 229 Å². The van der Waals surface area contributed by atoms with Crippen LogP contribution in [-0.2, 0) is 17.5 Å². The molecule has 5 rings (SSSR count). The van der Waals surface area contributed by atoms with Gasteiger partial charge in [-0.2, -0.15) is 13.2 Å². The number of hydrogen-bond acceptors (Lipinski definition) is 4. The van der Waals surface area contributed by atoms with E-state index >= 15 is 0 Å². The van der Waals surface area contributed by atoms with Crippen molar-refractivity contribution in [1.29, 1.82) is 0 Å². The third-order valence-corrected chi connectivity index (χ3v) is 7.02. The number of alkyl halides is 3. The number of hydrogen-bond donors (Lipinski definition) is 2. The van der Waals surface area contributed by atoms with Crippen molar-refractivity contribution in [3.8, 4) is 22.8 Å². The number of anilines is 1. The Morgan fingerprint density at radius 2 is 1.52 bits per heavy atom. The summed E-state index contributed by atoms with van der Waals surface area (Å²) < 4.78 is 46.3. The van der Waals surface area contributed by atoms with Crippen LogP contribution in [0.2, 0.25) is 0 Å². The standard InChI is InChI=1S/C31H28F3N3O3/c32-31(33,34)25-14-8-7-13-23(25)19-35-29(39)26-27(40-30(37-26)22-11-5-2-6-12-22)20-15-17-24(18-16-20)36-28(38)21-9-3-1-4-10-21/h2,5-8,11-18,21H,1,3-4,9-10,19H2,(H,35,39)(H,36,38). The summed E-state index contributed by atoms with van der Waals surface area (Å²) in [6, 6.07) is 21.0. The molecule has 1 aliphatic carbocycles. The summed E-state index contributed by atoms with van der Waals surface area (Å²) in [5.74, 6) is -0.295. The molecular formula is C31H28F3N3O3. The molecule has 3 aromatic carbocycles. The van der Waals surface area contributed by atoms with Crippen molar-refractivity contribution in [1.82, 2.24) is 10.3 Å². The van der Waals surface area contributed by atoms with Crippen LogP contribution in [0.25, 0.3) is 22.8 Å². The van der Waals surface area contributed by atoms with Crippen molar-refractivity contribution < 1.29 is 27.2 Å². The molecule has 206 valence electrons. The fourth-order valence-corrected chi connectivity index (χ4v) is 4.90. The van der Waals surface area contributed by atoms with Crippen molar-refractivity contribution in [3.63, 3.8) is 0 Å². The predicted octanol–water partition coefficient (Wildman–Crippen LogP) is 7.48. The summed E-state index contributed by atoms with van der Waals surface area (Å²) in [6.07, 6.45) is 0.491. The maximum absolute atomic E-state index is 13.4. The molecule has 0 spiro atoms. The van der Waals surface area contributed by atoms with E-state index in [2.05, 4.69) is 15.6 Å². The Kier molecular flexibility index (Phi) is 8.00. The molecule has 40 heavy (non-hydrogen) atoms. The quantitative estimate of drug-likeness (QED) is 0.251. The highest BCUT2D eigenvalue weighted by molar-refractivity contribution is 5.98. The second-order valence-corrected chi connectivity index (χ2v) is 9.80. The van der Waals surface area contributed by atoms with Gasteiger partial charge in [0.2, 0.25) is 11.8 Å². The summed E-state index contributed by atoms with van der Waals surface area (Å²) in [7, 11) is 0. The number of halogens is 3. The van der Waals surface area contributed by atoms with E-state index in [1.165, 1.54) is 18.2 Å². The number of benzene rings is 3. The van der Waals surface area contributed by atoms with E-state index in [1.54, 1.807) is 48.5 Å². The zero-order valence-corrected chi connectivity index (χ0v) is 21.6. The highest BCUT2D eigenvalue weighted by Crippen LogP contribution is 2.33. The molecule has 1 fully saturated rings. The predicted molar refractivity (Wildman–Crippen MR) is 145 cm³/mol. The lowest BCUT2D eigenvalue weighted by atomic mass is 9.88. The molecule has 2 N–H and O–H groups in total. The number of aromatic nitrogens is 1. The molecule has 0 aliphatic heterocycles. The Hall–Kier alpha value is -4.40. The van der Waals surface area contributed by atoms with Gasteiger partial charge in [-0.15, -0.1) is 0 Å². The summed E-state index contributed by atoms with van der Waals surface area (Å²) in [5.41, 5.74) is 0.869. The van der Waals surface area contributed by atoms with Crippen molar-refractivity contribution in [2.24, 2.45) is 5.92 Å². The normalized spacial score (nSPS) is 14.1. The molecular weight excluding hydrogens is 519 g/mol. The van der Waals surface area contributed by atoms with E-state index in [4.69, 9.17) is 4.42 Å². The summed E-state index contributed by atoms with van der Waals surface area (Å²) >= 11 is 0. The molecule has 0 atom stereocenters. The number of rotatable bonds is 7. The van der Waals surface area contributed by atoms with Gasteiger partial charge in [0, 0.05) is 29.3 Å². The minimum Gasteiger partial charge on any atom is -0.435 e. The highest BCUT2D eigenvalue weighted by Gasteiger charge is 2.33. The van der Waals surface area contributed by atoms with Crippen LogP contribution in [0.3, 0.4) is 0 Å². The average Bonchev–Trinajstić information content (AvgIpc) is 3.43. The molecule has 2 amide bonds. The number of nitrogens with zero attached hydrogens (tertiary/aromatic N) is 1. The van der Waals surface area contributed by atoms with Crippen LogP contribution in [0.5, 0.6) is 0 Å². The van der Waals surface area contributed by atoms with E-state index in [0.29, 0.717) is 16.8 Å². The number of amides is 2. The van der Waals surface area contributed by atoms with Crippen LogP contribution in [0, 0.1) is 5.92 Å².